The first-order chi connectivity index (χ1) is 31.6. The van der Waals surface area contributed by atoms with Crippen molar-refractivity contribution in [3.8, 4) is 0 Å². The average Bonchev–Trinajstić information content (AvgIpc) is 3.30. The second-order valence-electron chi connectivity index (χ2n) is 18.1. The maximum absolute atomic E-state index is 12.8. The van der Waals surface area contributed by atoms with E-state index in [9.17, 15) is 9.59 Å². The van der Waals surface area contributed by atoms with E-state index >= 15 is 0 Å². The molecule has 370 valence electrons. The summed E-state index contributed by atoms with van der Waals surface area (Å²) in [7, 11) is 0. The standard InChI is InChI=1S/C59H104O5/c1-4-7-10-13-16-19-22-25-28-30-32-34-37-40-43-46-49-52-58(60)63-56-57(55-62-54-51-48-45-42-39-36-33-29-26-23-20-17-14-11-8-5-2)64-59(61)53-50-47-44-41-38-35-31-27-24-21-18-15-12-9-6-3/h16,18-19,21,25,27-28,31-32,34,40,43,57H,4-15,17,20,22-24,26,29-30,33,35-39,41-42,44-56H2,1-3H3/b19-16-,21-18-,28-25-,31-27-,34-32-,43-40-/t57-/m1/s1. The predicted molar refractivity (Wildman–Crippen MR) is 279 cm³/mol. The molecule has 1 atom stereocenters. The summed E-state index contributed by atoms with van der Waals surface area (Å²) >= 11 is 0. The van der Waals surface area contributed by atoms with E-state index in [0.717, 1.165) is 77.0 Å². The minimum absolute atomic E-state index is 0.0516. The zero-order valence-electron chi connectivity index (χ0n) is 42.5. The third-order valence-corrected chi connectivity index (χ3v) is 11.7. The van der Waals surface area contributed by atoms with Gasteiger partial charge in [-0.3, -0.25) is 9.59 Å². The van der Waals surface area contributed by atoms with Gasteiger partial charge in [0.1, 0.15) is 6.61 Å². The van der Waals surface area contributed by atoms with Crippen LogP contribution in [0.3, 0.4) is 0 Å². The van der Waals surface area contributed by atoms with Gasteiger partial charge in [0.15, 0.2) is 6.10 Å². The molecule has 0 fully saturated rings. The molecular formula is C59H104O5. The lowest BCUT2D eigenvalue weighted by molar-refractivity contribution is -0.163. The molecule has 0 bridgehead atoms. The monoisotopic (exact) mass is 893 g/mol. The molecule has 0 amide bonds. The molecule has 0 heterocycles. The van der Waals surface area contributed by atoms with Crippen LogP contribution in [0.25, 0.3) is 0 Å². The summed E-state index contributed by atoms with van der Waals surface area (Å²) in [5.41, 5.74) is 0. The molecule has 0 saturated carbocycles. The van der Waals surface area contributed by atoms with Gasteiger partial charge in [0.2, 0.25) is 0 Å². The van der Waals surface area contributed by atoms with E-state index in [-0.39, 0.29) is 25.2 Å². The van der Waals surface area contributed by atoms with Gasteiger partial charge >= 0.3 is 11.9 Å². The number of carbonyl (C=O) groups excluding carboxylic acids is 2. The lowest BCUT2D eigenvalue weighted by Crippen LogP contribution is -2.30. The van der Waals surface area contributed by atoms with Gasteiger partial charge in [-0.25, -0.2) is 0 Å². The first-order valence-electron chi connectivity index (χ1n) is 27.5. The van der Waals surface area contributed by atoms with E-state index in [1.165, 1.54) is 154 Å². The minimum atomic E-state index is -0.566. The number of ether oxygens (including phenoxy) is 3. The Bertz CT molecular complexity index is 1150. The van der Waals surface area contributed by atoms with E-state index in [0.29, 0.717) is 19.4 Å². The Hall–Kier alpha value is -2.66. The SMILES string of the molecule is CCCCC/C=C\C/C=C\C/C=C\C/C=C\CCCC(=O)OC[C@@H](COCCCCCCCCCCCCCCCCCC)OC(=O)CCCCCCC/C=C\C/C=C\CCCCC. The number of carbonyl (C=O) groups is 2. The number of allylic oxidation sites excluding steroid dienone is 12. The molecule has 0 radical (unpaired) electrons. The van der Waals surface area contributed by atoms with Gasteiger partial charge in [-0.2, -0.15) is 0 Å². The molecule has 0 aromatic carbocycles. The van der Waals surface area contributed by atoms with Gasteiger partial charge in [0.25, 0.3) is 0 Å². The van der Waals surface area contributed by atoms with Crippen LogP contribution in [0, 0.1) is 0 Å². The predicted octanol–water partition coefficient (Wildman–Crippen LogP) is 18.7. The molecule has 64 heavy (non-hydrogen) atoms. The van der Waals surface area contributed by atoms with Gasteiger partial charge in [-0.15, -0.1) is 0 Å². The lowest BCUT2D eigenvalue weighted by atomic mass is 10.0. The molecule has 0 saturated heterocycles. The second-order valence-corrected chi connectivity index (χ2v) is 18.1. The second kappa shape index (κ2) is 54.7. The number of unbranched alkanes of at least 4 members (excludes halogenated alkanes) is 27. The summed E-state index contributed by atoms with van der Waals surface area (Å²) in [6.07, 6.45) is 70.6. The minimum Gasteiger partial charge on any atom is -0.462 e. The molecule has 0 aromatic rings. The molecule has 5 nitrogen and oxygen atoms in total. The summed E-state index contributed by atoms with van der Waals surface area (Å²) in [6.45, 7) is 7.73. The van der Waals surface area contributed by atoms with Crippen LogP contribution in [-0.4, -0.2) is 37.9 Å². The molecule has 0 aliphatic carbocycles. The third-order valence-electron chi connectivity index (χ3n) is 11.7. The maximum atomic E-state index is 12.8. The van der Waals surface area contributed by atoms with Crippen molar-refractivity contribution in [1.82, 2.24) is 0 Å². The van der Waals surface area contributed by atoms with Gasteiger partial charge in [0, 0.05) is 19.4 Å². The topological polar surface area (TPSA) is 61.8 Å². The number of esters is 2. The van der Waals surface area contributed by atoms with Crippen LogP contribution in [-0.2, 0) is 23.8 Å². The fourth-order valence-electron chi connectivity index (χ4n) is 7.59. The Morgan fingerprint density at radius 3 is 1.12 bits per heavy atom. The van der Waals surface area contributed by atoms with Gasteiger partial charge in [-0.1, -0.05) is 235 Å². The van der Waals surface area contributed by atoms with Crippen molar-refractivity contribution in [2.75, 3.05) is 19.8 Å². The summed E-state index contributed by atoms with van der Waals surface area (Å²) in [5, 5.41) is 0. The van der Waals surface area contributed by atoms with Crippen LogP contribution >= 0.6 is 0 Å². The van der Waals surface area contributed by atoms with Crippen molar-refractivity contribution in [3.63, 3.8) is 0 Å². The van der Waals surface area contributed by atoms with Gasteiger partial charge < -0.3 is 14.2 Å². The van der Waals surface area contributed by atoms with Crippen molar-refractivity contribution in [1.29, 1.82) is 0 Å². The van der Waals surface area contributed by atoms with E-state index < -0.39 is 6.10 Å². The van der Waals surface area contributed by atoms with Crippen LogP contribution in [0.1, 0.15) is 265 Å². The molecule has 5 heteroatoms. The highest BCUT2D eigenvalue weighted by Crippen LogP contribution is 2.15. The zero-order chi connectivity index (χ0) is 46.3. The first kappa shape index (κ1) is 61.3. The van der Waals surface area contributed by atoms with E-state index in [4.69, 9.17) is 14.2 Å². The van der Waals surface area contributed by atoms with Crippen LogP contribution < -0.4 is 0 Å². The molecule has 0 N–H and O–H groups in total. The van der Waals surface area contributed by atoms with E-state index in [1.54, 1.807) is 0 Å². The van der Waals surface area contributed by atoms with Crippen molar-refractivity contribution in [3.05, 3.63) is 72.9 Å². The smallest absolute Gasteiger partial charge is 0.306 e. The average molecular weight is 893 g/mol. The summed E-state index contributed by atoms with van der Waals surface area (Å²) in [5.74, 6) is -0.471. The summed E-state index contributed by atoms with van der Waals surface area (Å²) in [4.78, 5) is 25.4. The molecule has 0 spiro atoms. The molecule has 0 aliphatic rings. The van der Waals surface area contributed by atoms with Crippen LogP contribution in [0.2, 0.25) is 0 Å². The Balaban J connectivity index is 4.37. The first-order valence-corrected chi connectivity index (χ1v) is 27.5. The molecule has 0 unspecified atom stereocenters. The zero-order valence-corrected chi connectivity index (χ0v) is 42.5. The highest BCUT2D eigenvalue weighted by atomic mass is 16.6. The van der Waals surface area contributed by atoms with Crippen LogP contribution in [0.5, 0.6) is 0 Å². The van der Waals surface area contributed by atoms with E-state index in [2.05, 4.69) is 93.7 Å². The Morgan fingerprint density at radius 1 is 0.344 bits per heavy atom. The number of hydrogen-bond acceptors (Lipinski definition) is 5. The molecular weight excluding hydrogens is 789 g/mol. The maximum Gasteiger partial charge on any atom is 0.306 e. The fourth-order valence-corrected chi connectivity index (χ4v) is 7.59. The van der Waals surface area contributed by atoms with Crippen LogP contribution in [0.4, 0.5) is 0 Å². The molecule has 0 aromatic heterocycles. The third kappa shape index (κ3) is 52.0. The Kier molecular flexibility index (Phi) is 52.4. The van der Waals surface area contributed by atoms with Gasteiger partial charge in [-0.05, 0) is 89.9 Å². The number of hydrogen-bond donors (Lipinski definition) is 0. The van der Waals surface area contributed by atoms with Crippen LogP contribution in [0.15, 0.2) is 72.9 Å². The van der Waals surface area contributed by atoms with Crippen molar-refractivity contribution < 1.29 is 23.8 Å². The molecule has 0 aliphatic heterocycles. The highest BCUT2D eigenvalue weighted by molar-refractivity contribution is 5.70. The van der Waals surface area contributed by atoms with Crippen molar-refractivity contribution in [2.45, 2.75) is 271 Å². The number of rotatable bonds is 50. The highest BCUT2D eigenvalue weighted by Gasteiger charge is 2.17. The normalized spacial score (nSPS) is 12.7. The van der Waals surface area contributed by atoms with Crippen molar-refractivity contribution >= 4 is 11.9 Å². The summed E-state index contributed by atoms with van der Waals surface area (Å²) in [6, 6.07) is 0. The van der Waals surface area contributed by atoms with Crippen molar-refractivity contribution in [2.24, 2.45) is 0 Å². The van der Waals surface area contributed by atoms with Gasteiger partial charge in [0.05, 0.1) is 6.61 Å². The fraction of sp³-hybridized carbons (Fsp3) is 0.763. The molecule has 0 rings (SSSR count). The Morgan fingerprint density at radius 2 is 0.672 bits per heavy atom. The lowest BCUT2D eigenvalue weighted by Gasteiger charge is -2.18. The Labute approximate surface area is 397 Å². The van der Waals surface area contributed by atoms with E-state index in [1.807, 2.05) is 0 Å². The quantitative estimate of drug-likeness (QED) is 0.0346. The summed E-state index contributed by atoms with van der Waals surface area (Å²) < 4.78 is 17.4. The largest absolute Gasteiger partial charge is 0.462 e.